The van der Waals surface area contributed by atoms with E-state index in [1.165, 1.54) is 0 Å². The highest BCUT2D eigenvalue weighted by Gasteiger charge is 2.22. The van der Waals surface area contributed by atoms with Crippen LogP contribution in [0, 0.1) is 5.92 Å². The average molecular weight is 196 g/mol. The van der Waals surface area contributed by atoms with Crippen LogP contribution in [0.4, 0.5) is 4.79 Å². The zero-order valence-corrected chi connectivity index (χ0v) is 8.67. The molecule has 14 heavy (non-hydrogen) atoms. The maximum atomic E-state index is 10.4. The van der Waals surface area contributed by atoms with Crippen LogP contribution in [-0.4, -0.2) is 11.3 Å². The largest absolute Gasteiger partial charge is 0.511 e. The summed E-state index contributed by atoms with van der Waals surface area (Å²) in [4.78, 5) is 10.4. The average Bonchev–Trinajstić information content (AvgIpc) is 2.07. The maximum absolute atomic E-state index is 10.4. The van der Waals surface area contributed by atoms with Crippen molar-refractivity contribution in [2.45, 2.75) is 33.1 Å². The fraction of sp³-hybridized carbons (Fsp3) is 0.545. The Bertz CT molecular complexity index is 289. The first-order valence-corrected chi connectivity index (χ1v) is 4.75. The van der Waals surface area contributed by atoms with Crippen molar-refractivity contribution in [3.63, 3.8) is 0 Å². The Morgan fingerprint density at radius 1 is 1.64 bits per heavy atom. The van der Waals surface area contributed by atoms with Gasteiger partial charge in [0.2, 0.25) is 0 Å². The molecule has 0 aromatic carbocycles. The lowest BCUT2D eigenvalue weighted by atomic mass is 9.85. The third kappa shape index (κ3) is 2.62. The second kappa shape index (κ2) is 4.31. The van der Waals surface area contributed by atoms with E-state index in [-0.39, 0.29) is 0 Å². The van der Waals surface area contributed by atoms with Crippen molar-refractivity contribution in [2.24, 2.45) is 5.92 Å². The highest BCUT2D eigenvalue weighted by atomic mass is 16.7. The fourth-order valence-electron chi connectivity index (χ4n) is 1.69. The van der Waals surface area contributed by atoms with Crippen molar-refractivity contribution >= 4 is 6.16 Å². The van der Waals surface area contributed by atoms with Gasteiger partial charge in [-0.25, -0.2) is 4.79 Å². The van der Waals surface area contributed by atoms with Gasteiger partial charge in [0.05, 0.1) is 0 Å². The molecule has 1 atom stereocenters. The second-order valence-electron chi connectivity index (χ2n) is 3.86. The maximum Gasteiger partial charge on any atom is 0.511 e. The van der Waals surface area contributed by atoms with Crippen LogP contribution < -0.4 is 0 Å². The van der Waals surface area contributed by atoms with Gasteiger partial charge in [0.15, 0.2) is 0 Å². The van der Waals surface area contributed by atoms with Crippen molar-refractivity contribution in [3.05, 3.63) is 23.5 Å². The highest BCUT2D eigenvalue weighted by molar-refractivity contribution is 5.58. The van der Waals surface area contributed by atoms with E-state index in [2.05, 4.69) is 6.58 Å². The van der Waals surface area contributed by atoms with E-state index >= 15 is 0 Å². The zero-order valence-electron chi connectivity index (χ0n) is 8.67. The summed E-state index contributed by atoms with van der Waals surface area (Å²) in [5.74, 6) is 0.977. The van der Waals surface area contributed by atoms with Gasteiger partial charge >= 0.3 is 6.16 Å². The van der Waals surface area contributed by atoms with Crippen molar-refractivity contribution in [1.29, 1.82) is 0 Å². The molecule has 0 heterocycles. The zero-order chi connectivity index (χ0) is 10.7. The molecule has 0 aliphatic heterocycles. The molecule has 1 aliphatic carbocycles. The van der Waals surface area contributed by atoms with Crippen molar-refractivity contribution < 1.29 is 14.6 Å². The van der Waals surface area contributed by atoms with Gasteiger partial charge in [0.1, 0.15) is 5.76 Å². The molecular formula is C11H16O3. The van der Waals surface area contributed by atoms with Crippen molar-refractivity contribution in [3.8, 4) is 0 Å². The molecule has 0 aromatic rings. The smallest absolute Gasteiger partial charge is 0.449 e. The minimum atomic E-state index is -1.22. The molecule has 0 unspecified atom stereocenters. The summed E-state index contributed by atoms with van der Waals surface area (Å²) in [6.07, 6.45) is 1.41. The Hall–Kier alpha value is -1.25. The van der Waals surface area contributed by atoms with Crippen LogP contribution in [-0.2, 0) is 4.74 Å². The van der Waals surface area contributed by atoms with Crippen molar-refractivity contribution in [2.75, 3.05) is 0 Å². The lowest BCUT2D eigenvalue weighted by molar-refractivity contribution is 0.111. The number of rotatable bonds is 2. The van der Waals surface area contributed by atoms with E-state index in [0.717, 1.165) is 24.0 Å². The van der Waals surface area contributed by atoms with Crippen LogP contribution in [0.15, 0.2) is 23.5 Å². The first-order chi connectivity index (χ1) is 6.50. The number of hydrogen-bond donors (Lipinski definition) is 1. The summed E-state index contributed by atoms with van der Waals surface area (Å²) in [6.45, 7) is 7.79. The molecule has 0 spiro atoms. The van der Waals surface area contributed by atoms with Crippen LogP contribution in [0.3, 0.4) is 0 Å². The van der Waals surface area contributed by atoms with Gasteiger partial charge in [-0.05, 0) is 38.2 Å². The Labute approximate surface area is 84.1 Å². The second-order valence-corrected chi connectivity index (χ2v) is 3.86. The number of ether oxygens (including phenoxy) is 1. The Balaban J connectivity index is 2.71. The predicted molar refractivity (Wildman–Crippen MR) is 54.0 cm³/mol. The fourth-order valence-corrected chi connectivity index (χ4v) is 1.69. The summed E-state index contributed by atoms with van der Waals surface area (Å²) < 4.78 is 4.74. The van der Waals surface area contributed by atoms with E-state index in [4.69, 9.17) is 9.84 Å². The van der Waals surface area contributed by atoms with Gasteiger partial charge < -0.3 is 9.84 Å². The summed E-state index contributed by atoms with van der Waals surface area (Å²) in [7, 11) is 0. The molecule has 0 saturated heterocycles. The monoisotopic (exact) mass is 196 g/mol. The third-order valence-corrected chi connectivity index (χ3v) is 2.68. The number of allylic oxidation sites excluding steroid dienone is 3. The molecule has 3 heteroatoms. The predicted octanol–water partition coefficient (Wildman–Crippen LogP) is 3.33. The van der Waals surface area contributed by atoms with Crippen LogP contribution in [0.2, 0.25) is 0 Å². The number of carboxylic acid groups (broad SMARTS) is 1. The molecule has 1 rings (SSSR count). The van der Waals surface area contributed by atoms with Gasteiger partial charge in [0.25, 0.3) is 0 Å². The van der Waals surface area contributed by atoms with Gasteiger partial charge in [-0.1, -0.05) is 12.2 Å². The molecule has 0 saturated carbocycles. The van der Waals surface area contributed by atoms with E-state index in [9.17, 15) is 4.79 Å². The van der Waals surface area contributed by atoms with E-state index in [1.54, 1.807) is 0 Å². The Morgan fingerprint density at radius 2 is 2.29 bits per heavy atom. The van der Waals surface area contributed by atoms with Crippen LogP contribution >= 0.6 is 0 Å². The lowest BCUT2D eigenvalue weighted by Gasteiger charge is -2.24. The standard InChI is InChI=1S/C11H16O3/c1-7(2)9-5-4-8(3)10(6-9)14-11(12)13/h9H,1,4-6H2,2-3H3,(H,12,13)/t9-/m1/s1. The third-order valence-electron chi connectivity index (χ3n) is 2.68. The molecule has 0 amide bonds. The molecule has 1 N–H and O–H groups in total. The van der Waals surface area contributed by atoms with Gasteiger partial charge in [-0.2, -0.15) is 0 Å². The molecule has 0 fully saturated rings. The SMILES string of the molecule is C=C(C)[C@@H]1CCC(C)=C(OC(=O)O)C1. The molecule has 0 radical (unpaired) electrons. The molecular weight excluding hydrogens is 180 g/mol. The summed E-state index contributed by atoms with van der Waals surface area (Å²) in [5.41, 5.74) is 2.15. The molecule has 3 nitrogen and oxygen atoms in total. The van der Waals surface area contributed by atoms with Crippen LogP contribution in [0.25, 0.3) is 0 Å². The summed E-state index contributed by atoms with van der Waals surface area (Å²) in [6, 6.07) is 0. The van der Waals surface area contributed by atoms with Crippen LogP contribution in [0.5, 0.6) is 0 Å². The first kappa shape index (κ1) is 10.8. The topological polar surface area (TPSA) is 46.5 Å². The first-order valence-electron chi connectivity index (χ1n) is 4.75. The summed E-state index contributed by atoms with van der Waals surface area (Å²) in [5, 5.41) is 8.53. The highest BCUT2D eigenvalue weighted by Crippen LogP contribution is 2.33. The van der Waals surface area contributed by atoms with Gasteiger partial charge in [-0.15, -0.1) is 0 Å². The van der Waals surface area contributed by atoms with E-state index < -0.39 is 6.16 Å². The number of carbonyl (C=O) groups is 1. The Morgan fingerprint density at radius 3 is 2.79 bits per heavy atom. The molecule has 0 bridgehead atoms. The minimum Gasteiger partial charge on any atom is -0.449 e. The molecule has 1 aliphatic rings. The van der Waals surface area contributed by atoms with Crippen molar-refractivity contribution in [1.82, 2.24) is 0 Å². The lowest BCUT2D eigenvalue weighted by Crippen LogP contribution is -2.14. The molecule has 0 aromatic heterocycles. The van der Waals surface area contributed by atoms with Gasteiger partial charge in [0, 0.05) is 6.42 Å². The van der Waals surface area contributed by atoms with Gasteiger partial charge in [-0.3, -0.25) is 0 Å². The summed E-state index contributed by atoms with van der Waals surface area (Å²) >= 11 is 0. The van der Waals surface area contributed by atoms with Crippen LogP contribution in [0.1, 0.15) is 33.1 Å². The molecule has 78 valence electrons. The Kier molecular flexibility index (Phi) is 3.33. The normalized spacial score (nSPS) is 22.0. The van der Waals surface area contributed by atoms with E-state index in [1.807, 2.05) is 13.8 Å². The van der Waals surface area contributed by atoms with E-state index in [0.29, 0.717) is 18.1 Å². The minimum absolute atomic E-state index is 0.369. The number of hydrogen-bond acceptors (Lipinski definition) is 2. The quantitative estimate of drug-likeness (QED) is 0.544.